The summed E-state index contributed by atoms with van der Waals surface area (Å²) in [7, 11) is 1.61. The highest BCUT2D eigenvalue weighted by atomic mass is 79.9. The Morgan fingerprint density at radius 1 is 1.30 bits per heavy atom. The highest BCUT2D eigenvalue weighted by Gasteiger charge is 2.21. The average molecular weight is 336 g/mol. The van der Waals surface area contributed by atoms with E-state index in [0.29, 0.717) is 5.88 Å². The van der Waals surface area contributed by atoms with E-state index in [9.17, 15) is 0 Å². The second kappa shape index (κ2) is 6.81. The summed E-state index contributed by atoms with van der Waals surface area (Å²) in [6.07, 6.45) is 3.32. The Morgan fingerprint density at radius 3 is 2.75 bits per heavy atom. The fourth-order valence-electron chi connectivity index (χ4n) is 2.13. The topological polar surface area (TPSA) is 47.0 Å². The molecule has 1 unspecified atom stereocenters. The quantitative estimate of drug-likeness (QED) is 0.910. The molecule has 0 spiro atoms. The van der Waals surface area contributed by atoms with Crippen molar-refractivity contribution in [2.75, 3.05) is 13.7 Å². The fourth-order valence-corrected chi connectivity index (χ4v) is 2.61. The zero-order chi connectivity index (χ0) is 14.5. The van der Waals surface area contributed by atoms with Gasteiger partial charge < -0.3 is 10.1 Å². The van der Waals surface area contributed by atoms with Gasteiger partial charge in [-0.1, -0.05) is 40.5 Å². The van der Waals surface area contributed by atoms with Crippen molar-refractivity contribution in [3.8, 4) is 5.88 Å². The minimum absolute atomic E-state index is 0.0575. The van der Waals surface area contributed by atoms with Crippen molar-refractivity contribution in [2.24, 2.45) is 0 Å². The molecule has 0 radical (unpaired) electrons. The first-order valence-corrected chi connectivity index (χ1v) is 7.31. The van der Waals surface area contributed by atoms with Crippen molar-refractivity contribution in [1.82, 2.24) is 15.3 Å². The molecule has 0 aliphatic rings. The van der Waals surface area contributed by atoms with Crippen LogP contribution in [0.25, 0.3) is 0 Å². The molecule has 20 heavy (non-hydrogen) atoms. The molecule has 0 aliphatic carbocycles. The lowest BCUT2D eigenvalue weighted by Crippen LogP contribution is -2.24. The molecule has 0 bridgehead atoms. The number of halogens is 1. The van der Waals surface area contributed by atoms with E-state index < -0.39 is 0 Å². The molecule has 0 saturated carbocycles. The standard InChI is InChI=1S/C15H18BrN3O/c1-4-17-13(11-9-10(2)5-6-12(11)16)14-15(20-3)19-8-7-18-14/h5-9,13,17H,4H2,1-3H3. The van der Waals surface area contributed by atoms with Gasteiger partial charge in [0.25, 0.3) is 0 Å². The normalized spacial score (nSPS) is 12.2. The lowest BCUT2D eigenvalue weighted by atomic mass is 10.0. The van der Waals surface area contributed by atoms with E-state index in [2.05, 4.69) is 63.3 Å². The molecule has 0 saturated heterocycles. The second-order valence-corrected chi connectivity index (χ2v) is 5.32. The highest BCUT2D eigenvalue weighted by molar-refractivity contribution is 9.10. The van der Waals surface area contributed by atoms with Gasteiger partial charge >= 0.3 is 0 Å². The smallest absolute Gasteiger partial charge is 0.237 e. The van der Waals surface area contributed by atoms with Crippen LogP contribution in [0, 0.1) is 6.92 Å². The van der Waals surface area contributed by atoms with Crippen molar-refractivity contribution < 1.29 is 4.74 Å². The van der Waals surface area contributed by atoms with Crippen LogP contribution in [-0.2, 0) is 0 Å². The number of nitrogens with zero attached hydrogens (tertiary/aromatic N) is 2. The second-order valence-electron chi connectivity index (χ2n) is 4.47. The summed E-state index contributed by atoms with van der Waals surface area (Å²) >= 11 is 3.62. The Bertz CT molecular complexity index is 589. The molecule has 1 aromatic carbocycles. The average Bonchev–Trinajstić information content (AvgIpc) is 2.47. The van der Waals surface area contributed by atoms with Crippen molar-refractivity contribution >= 4 is 15.9 Å². The number of hydrogen-bond acceptors (Lipinski definition) is 4. The van der Waals surface area contributed by atoms with Gasteiger partial charge in [0.15, 0.2) is 0 Å². The molecule has 2 rings (SSSR count). The molecule has 2 aromatic rings. The minimum Gasteiger partial charge on any atom is -0.480 e. The Morgan fingerprint density at radius 2 is 2.05 bits per heavy atom. The summed E-state index contributed by atoms with van der Waals surface area (Å²) in [5.74, 6) is 0.548. The van der Waals surface area contributed by atoms with Crippen LogP contribution >= 0.6 is 15.9 Å². The maximum Gasteiger partial charge on any atom is 0.237 e. The van der Waals surface area contributed by atoms with Crippen LogP contribution in [0.2, 0.25) is 0 Å². The number of benzene rings is 1. The van der Waals surface area contributed by atoms with Crippen LogP contribution in [0.5, 0.6) is 5.88 Å². The van der Waals surface area contributed by atoms with Crippen LogP contribution in [0.15, 0.2) is 35.1 Å². The fraction of sp³-hybridized carbons (Fsp3) is 0.333. The highest BCUT2D eigenvalue weighted by Crippen LogP contribution is 2.31. The molecule has 4 nitrogen and oxygen atoms in total. The molecule has 0 aliphatic heterocycles. The molecule has 0 amide bonds. The molecule has 1 aromatic heterocycles. The van der Waals surface area contributed by atoms with Gasteiger partial charge in [-0.05, 0) is 25.1 Å². The van der Waals surface area contributed by atoms with Crippen molar-refractivity contribution in [3.63, 3.8) is 0 Å². The zero-order valence-corrected chi connectivity index (χ0v) is 13.4. The van der Waals surface area contributed by atoms with E-state index in [1.54, 1.807) is 19.5 Å². The third kappa shape index (κ3) is 3.16. The van der Waals surface area contributed by atoms with Crippen molar-refractivity contribution in [3.05, 3.63) is 51.9 Å². The Labute approximate surface area is 127 Å². The monoisotopic (exact) mass is 335 g/mol. The van der Waals surface area contributed by atoms with Crippen LogP contribution < -0.4 is 10.1 Å². The van der Waals surface area contributed by atoms with Crippen LogP contribution in [-0.4, -0.2) is 23.6 Å². The maximum absolute atomic E-state index is 5.34. The van der Waals surface area contributed by atoms with Gasteiger partial charge in [-0.15, -0.1) is 0 Å². The number of methoxy groups -OCH3 is 1. The summed E-state index contributed by atoms with van der Waals surface area (Å²) < 4.78 is 6.38. The Balaban J connectivity index is 2.53. The van der Waals surface area contributed by atoms with Crippen LogP contribution in [0.3, 0.4) is 0 Å². The number of ether oxygens (including phenoxy) is 1. The van der Waals surface area contributed by atoms with Gasteiger partial charge in [-0.3, -0.25) is 4.98 Å². The minimum atomic E-state index is -0.0575. The van der Waals surface area contributed by atoms with E-state index in [-0.39, 0.29) is 6.04 Å². The Hall–Kier alpha value is -1.46. The molecule has 1 heterocycles. The van der Waals surface area contributed by atoms with E-state index in [0.717, 1.165) is 22.3 Å². The van der Waals surface area contributed by atoms with Gasteiger partial charge in [0, 0.05) is 16.9 Å². The third-order valence-corrected chi connectivity index (χ3v) is 3.75. The largest absolute Gasteiger partial charge is 0.480 e. The van der Waals surface area contributed by atoms with E-state index in [4.69, 9.17) is 4.74 Å². The molecule has 106 valence electrons. The maximum atomic E-state index is 5.34. The number of aryl methyl sites for hydroxylation is 1. The zero-order valence-electron chi connectivity index (χ0n) is 11.9. The molecule has 5 heteroatoms. The third-order valence-electron chi connectivity index (χ3n) is 3.03. The first-order chi connectivity index (χ1) is 9.67. The summed E-state index contributed by atoms with van der Waals surface area (Å²) in [4.78, 5) is 8.68. The van der Waals surface area contributed by atoms with Gasteiger partial charge in [-0.2, -0.15) is 0 Å². The van der Waals surface area contributed by atoms with Crippen LogP contribution in [0.4, 0.5) is 0 Å². The lowest BCUT2D eigenvalue weighted by Gasteiger charge is -2.21. The predicted molar refractivity (Wildman–Crippen MR) is 83.0 cm³/mol. The van der Waals surface area contributed by atoms with Gasteiger partial charge in [0.05, 0.1) is 13.2 Å². The SMILES string of the molecule is CCNC(c1cc(C)ccc1Br)c1nccnc1OC. The van der Waals surface area contributed by atoms with Gasteiger partial charge in [0.2, 0.25) is 5.88 Å². The molecule has 1 N–H and O–H groups in total. The summed E-state index contributed by atoms with van der Waals surface area (Å²) in [5.41, 5.74) is 3.13. The van der Waals surface area contributed by atoms with Crippen LogP contribution in [0.1, 0.15) is 29.8 Å². The van der Waals surface area contributed by atoms with E-state index in [1.165, 1.54) is 5.56 Å². The van der Waals surface area contributed by atoms with Crippen molar-refractivity contribution in [1.29, 1.82) is 0 Å². The number of aromatic nitrogens is 2. The van der Waals surface area contributed by atoms with E-state index >= 15 is 0 Å². The molecular formula is C15H18BrN3O. The number of hydrogen-bond donors (Lipinski definition) is 1. The van der Waals surface area contributed by atoms with Crippen molar-refractivity contribution in [2.45, 2.75) is 19.9 Å². The summed E-state index contributed by atoms with van der Waals surface area (Å²) in [5, 5.41) is 3.45. The van der Waals surface area contributed by atoms with Gasteiger partial charge in [0.1, 0.15) is 5.69 Å². The first kappa shape index (κ1) is 14.9. The molecule has 0 fully saturated rings. The number of nitrogens with one attached hydrogen (secondary N) is 1. The Kier molecular flexibility index (Phi) is 5.09. The van der Waals surface area contributed by atoms with Gasteiger partial charge in [-0.25, -0.2) is 4.98 Å². The lowest BCUT2D eigenvalue weighted by molar-refractivity contribution is 0.383. The predicted octanol–water partition coefficient (Wildman–Crippen LogP) is 3.26. The van der Waals surface area contributed by atoms with E-state index in [1.807, 2.05) is 0 Å². The molecule has 1 atom stereocenters. The summed E-state index contributed by atoms with van der Waals surface area (Å²) in [6.45, 7) is 4.97. The summed E-state index contributed by atoms with van der Waals surface area (Å²) in [6, 6.07) is 6.21. The first-order valence-electron chi connectivity index (χ1n) is 6.51. The molecular weight excluding hydrogens is 318 g/mol. The number of rotatable bonds is 5.